The molecular formula is C30H35F2N7O6. The number of ether oxygens (including phenoxy) is 4. The van der Waals surface area contributed by atoms with E-state index >= 15 is 8.78 Å². The standard InChI is InChI=1S/C30H35F2N7O6/c1-4-42-30(41)39-11-10-19(14-20(39)15(2)3)43-25-23(31)27(44-18-7-5-6-17(13-18)37-29(35)36)38-28(24(25)32)45-22-12-16(26(33)34)8-9-21(22)40/h5-9,12-13,15,19-20,40H,4,10-11,14H2,1-3H3,(H3,33,34)(H4,35,36,37). The Labute approximate surface area is 258 Å². The van der Waals surface area contributed by atoms with Gasteiger partial charge in [0.1, 0.15) is 17.7 Å². The van der Waals surface area contributed by atoms with Gasteiger partial charge in [-0.2, -0.15) is 13.8 Å². The number of phenolic OH excluding ortho intramolecular Hbond substituents is 1. The van der Waals surface area contributed by atoms with Crippen molar-refractivity contribution in [2.24, 2.45) is 28.1 Å². The second kappa shape index (κ2) is 14.0. The van der Waals surface area contributed by atoms with Crippen LogP contribution >= 0.6 is 0 Å². The Kier molecular flexibility index (Phi) is 10.1. The number of carbonyl (C=O) groups is 1. The van der Waals surface area contributed by atoms with Gasteiger partial charge in [-0.25, -0.2) is 9.79 Å². The average Bonchev–Trinajstić information content (AvgIpc) is 2.98. The maximum absolute atomic E-state index is 16.0. The second-order valence-electron chi connectivity index (χ2n) is 10.5. The molecule has 15 heteroatoms. The Morgan fingerprint density at radius 2 is 1.84 bits per heavy atom. The first kappa shape index (κ1) is 32.6. The van der Waals surface area contributed by atoms with Gasteiger partial charge in [-0.15, -0.1) is 0 Å². The summed E-state index contributed by atoms with van der Waals surface area (Å²) in [5.74, 6) is -6.16. The predicted octanol–water partition coefficient (Wildman–Crippen LogP) is 4.86. The lowest BCUT2D eigenvalue weighted by Gasteiger charge is -2.40. The number of piperidine rings is 1. The third kappa shape index (κ3) is 7.79. The third-order valence-electron chi connectivity index (χ3n) is 6.90. The number of aromatic hydroxyl groups is 1. The Morgan fingerprint density at radius 1 is 1.13 bits per heavy atom. The second-order valence-corrected chi connectivity index (χ2v) is 10.5. The van der Waals surface area contributed by atoms with Gasteiger partial charge >= 0.3 is 6.09 Å². The fraction of sp³-hybridized carbons (Fsp3) is 0.333. The zero-order valence-corrected chi connectivity index (χ0v) is 24.9. The van der Waals surface area contributed by atoms with Gasteiger partial charge in [-0.05, 0) is 43.2 Å². The molecule has 0 bridgehead atoms. The zero-order chi connectivity index (χ0) is 32.8. The van der Waals surface area contributed by atoms with E-state index in [9.17, 15) is 9.90 Å². The SMILES string of the molecule is CCOC(=O)N1CCC(Oc2c(F)c(Oc3cccc(N=C(N)N)c3)nc(Oc3cc(C(=N)N)ccc3O)c2F)CC1C(C)C. The molecule has 240 valence electrons. The molecule has 1 aliphatic heterocycles. The molecule has 8 N–H and O–H groups in total. The lowest BCUT2D eigenvalue weighted by Crippen LogP contribution is -2.51. The van der Waals surface area contributed by atoms with Crippen LogP contribution in [0, 0.1) is 23.0 Å². The number of aromatic nitrogens is 1. The molecule has 1 aromatic heterocycles. The number of amides is 1. The number of rotatable bonds is 10. The van der Waals surface area contributed by atoms with Crippen LogP contribution in [-0.2, 0) is 4.74 Å². The number of nitrogens with zero attached hydrogens (tertiary/aromatic N) is 3. The van der Waals surface area contributed by atoms with Crippen molar-refractivity contribution in [2.75, 3.05) is 13.2 Å². The van der Waals surface area contributed by atoms with Gasteiger partial charge in [0, 0.05) is 37.1 Å². The summed E-state index contributed by atoms with van der Waals surface area (Å²) >= 11 is 0. The summed E-state index contributed by atoms with van der Waals surface area (Å²) in [7, 11) is 0. The highest BCUT2D eigenvalue weighted by atomic mass is 19.1. The summed E-state index contributed by atoms with van der Waals surface area (Å²) in [5, 5.41) is 18.0. The van der Waals surface area contributed by atoms with E-state index in [0.29, 0.717) is 5.69 Å². The van der Waals surface area contributed by atoms with Gasteiger partial charge in [-0.1, -0.05) is 19.9 Å². The monoisotopic (exact) mass is 627 g/mol. The van der Waals surface area contributed by atoms with Crippen LogP contribution in [0.25, 0.3) is 0 Å². The van der Waals surface area contributed by atoms with Crippen LogP contribution in [0.15, 0.2) is 47.5 Å². The Hall–Kier alpha value is -5.34. The number of amidine groups is 1. The molecule has 1 saturated heterocycles. The number of carbonyl (C=O) groups excluding carboxylic acids is 1. The van der Waals surface area contributed by atoms with Crippen molar-refractivity contribution >= 4 is 23.6 Å². The fourth-order valence-corrected chi connectivity index (χ4v) is 4.77. The van der Waals surface area contributed by atoms with Crippen molar-refractivity contribution in [1.82, 2.24) is 9.88 Å². The van der Waals surface area contributed by atoms with E-state index in [1.165, 1.54) is 30.3 Å². The summed E-state index contributed by atoms with van der Waals surface area (Å²) in [6.45, 7) is 5.99. The first-order chi connectivity index (χ1) is 21.4. The van der Waals surface area contributed by atoms with Crippen molar-refractivity contribution in [2.45, 2.75) is 45.8 Å². The van der Waals surface area contributed by atoms with E-state index in [4.69, 9.17) is 41.6 Å². The number of halogens is 2. The first-order valence-electron chi connectivity index (χ1n) is 14.1. The van der Waals surface area contributed by atoms with E-state index in [2.05, 4.69) is 9.98 Å². The van der Waals surface area contributed by atoms with Gasteiger partial charge in [0.15, 0.2) is 17.5 Å². The van der Waals surface area contributed by atoms with E-state index in [0.717, 1.165) is 0 Å². The lowest BCUT2D eigenvalue weighted by molar-refractivity contribution is 0.0227. The van der Waals surface area contributed by atoms with Gasteiger partial charge in [0.2, 0.25) is 17.4 Å². The molecule has 13 nitrogen and oxygen atoms in total. The number of benzene rings is 2. The van der Waals surface area contributed by atoms with E-state index in [-0.39, 0.29) is 66.8 Å². The molecule has 0 aliphatic carbocycles. The number of likely N-dealkylation sites (tertiary alicyclic amines) is 1. The highest BCUT2D eigenvalue weighted by Gasteiger charge is 2.37. The number of nitrogen functional groups attached to an aromatic ring is 1. The predicted molar refractivity (Wildman–Crippen MR) is 161 cm³/mol. The van der Waals surface area contributed by atoms with E-state index < -0.39 is 47.1 Å². The number of hydrogen-bond donors (Lipinski definition) is 5. The molecule has 3 aromatic rings. The quantitative estimate of drug-likeness (QED) is 0.152. The molecule has 1 aliphatic rings. The van der Waals surface area contributed by atoms with Gasteiger partial charge in [0.05, 0.1) is 12.3 Å². The van der Waals surface area contributed by atoms with Gasteiger partial charge < -0.3 is 46.2 Å². The Morgan fingerprint density at radius 3 is 2.49 bits per heavy atom. The molecule has 45 heavy (non-hydrogen) atoms. The van der Waals surface area contributed by atoms with Crippen molar-refractivity contribution < 1.29 is 37.6 Å². The lowest BCUT2D eigenvalue weighted by atomic mass is 9.91. The number of nitrogens with two attached hydrogens (primary N) is 3. The summed E-state index contributed by atoms with van der Waals surface area (Å²) in [6.07, 6.45) is -0.684. The maximum Gasteiger partial charge on any atom is 0.410 e. The number of nitrogens with one attached hydrogen (secondary N) is 1. The van der Waals surface area contributed by atoms with E-state index in [1.54, 1.807) is 24.0 Å². The maximum atomic E-state index is 16.0. The molecule has 4 rings (SSSR count). The smallest absolute Gasteiger partial charge is 0.410 e. The largest absolute Gasteiger partial charge is 0.504 e. The topological polar surface area (TPSA) is 205 Å². The van der Waals surface area contributed by atoms with Gasteiger partial charge in [-0.3, -0.25) is 5.41 Å². The van der Waals surface area contributed by atoms with Crippen LogP contribution in [0.1, 0.15) is 39.2 Å². The molecule has 0 spiro atoms. The van der Waals surface area contributed by atoms with E-state index in [1.807, 2.05) is 13.8 Å². The van der Waals surface area contributed by atoms with Crippen molar-refractivity contribution in [1.29, 1.82) is 5.41 Å². The highest BCUT2D eigenvalue weighted by molar-refractivity contribution is 5.95. The molecular weight excluding hydrogens is 592 g/mol. The third-order valence-corrected chi connectivity index (χ3v) is 6.90. The minimum atomic E-state index is -1.31. The molecule has 1 amide bonds. The van der Waals surface area contributed by atoms with Crippen molar-refractivity contribution in [3.05, 3.63) is 59.7 Å². The molecule has 0 radical (unpaired) electrons. The number of aliphatic imine (C=N–C) groups is 1. The summed E-state index contributed by atoms with van der Waals surface area (Å²) < 4.78 is 54.3. The van der Waals surface area contributed by atoms with Crippen LogP contribution in [0.4, 0.5) is 19.3 Å². The normalized spacial score (nSPS) is 16.2. The number of guanidine groups is 1. The summed E-state index contributed by atoms with van der Waals surface area (Å²) in [6, 6.07) is 9.40. The van der Waals surface area contributed by atoms with Crippen LogP contribution in [0.3, 0.4) is 0 Å². The fourth-order valence-electron chi connectivity index (χ4n) is 4.77. The number of phenols is 1. The summed E-state index contributed by atoms with van der Waals surface area (Å²) in [4.78, 5) is 21.9. The zero-order valence-electron chi connectivity index (χ0n) is 24.9. The number of hydrogen-bond acceptors (Lipinski definition) is 9. The highest BCUT2D eigenvalue weighted by Crippen LogP contribution is 2.41. The van der Waals surface area contributed by atoms with Crippen LogP contribution in [0.2, 0.25) is 0 Å². The molecule has 1 fully saturated rings. The minimum absolute atomic E-state index is 0.0141. The minimum Gasteiger partial charge on any atom is -0.504 e. The molecule has 2 atom stereocenters. The summed E-state index contributed by atoms with van der Waals surface area (Å²) in [5.41, 5.74) is 16.9. The molecule has 2 heterocycles. The molecule has 2 unspecified atom stereocenters. The average molecular weight is 628 g/mol. The van der Waals surface area contributed by atoms with Gasteiger partial charge in [0.25, 0.3) is 11.8 Å². The first-order valence-corrected chi connectivity index (χ1v) is 14.1. The molecule has 2 aromatic carbocycles. The van der Waals surface area contributed by atoms with Crippen LogP contribution in [-0.4, -0.2) is 58.2 Å². The van der Waals surface area contributed by atoms with Crippen molar-refractivity contribution in [3.63, 3.8) is 0 Å². The number of pyridine rings is 1. The Bertz CT molecular complexity index is 1600. The molecule has 0 saturated carbocycles. The van der Waals surface area contributed by atoms with Crippen molar-refractivity contribution in [3.8, 4) is 34.8 Å². The Balaban J connectivity index is 1.74. The van der Waals surface area contributed by atoms with Crippen LogP contribution < -0.4 is 31.4 Å². The van der Waals surface area contributed by atoms with Crippen LogP contribution in [0.5, 0.6) is 34.8 Å².